The van der Waals surface area contributed by atoms with E-state index >= 15 is 0 Å². The molecule has 0 bridgehead atoms. The predicted molar refractivity (Wildman–Crippen MR) is 94.4 cm³/mol. The summed E-state index contributed by atoms with van der Waals surface area (Å²) in [6.07, 6.45) is 4.99. The number of anilines is 1. The van der Waals surface area contributed by atoms with Crippen LogP contribution in [0.4, 0.5) is 10.5 Å². The van der Waals surface area contributed by atoms with E-state index in [1.165, 1.54) is 0 Å². The van der Waals surface area contributed by atoms with Gasteiger partial charge in [0.1, 0.15) is 0 Å². The fourth-order valence-corrected chi connectivity index (χ4v) is 2.38. The number of amides is 2. The largest absolute Gasteiger partial charge is 0.323 e. The molecule has 0 unspecified atom stereocenters. The number of rotatable bonds is 3. The number of aromatic nitrogens is 1. The maximum Gasteiger partial charge on any atom is 0.323 e. The van der Waals surface area contributed by atoms with Crippen LogP contribution in [0.2, 0.25) is 5.02 Å². The molecule has 2 aromatic carbocycles. The number of carbonyl (C=O) groups excluding carboxylic acids is 1. The maximum absolute atomic E-state index is 12.0. The average Bonchev–Trinajstić information content (AvgIpc) is 2.57. The van der Waals surface area contributed by atoms with Crippen molar-refractivity contribution in [3.8, 4) is 0 Å². The number of halogens is 1. The number of hydrogen-bond acceptors (Lipinski definition) is 2. The molecule has 2 amide bonds. The van der Waals surface area contributed by atoms with Crippen molar-refractivity contribution in [3.05, 3.63) is 77.6 Å². The van der Waals surface area contributed by atoms with Crippen molar-refractivity contribution >= 4 is 40.3 Å². The monoisotopic (exact) mass is 323 g/mol. The smallest absolute Gasteiger partial charge is 0.314 e. The Hall–Kier alpha value is -2.85. The Morgan fingerprint density at radius 2 is 1.87 bits per heavy atom. The van der Waals surface area contributed by atoms with E-state index in [1.807, 2.05) is 48.5 Å². The topological polar surface area (TPSA) is 54.0 Å². The van der Waals surface area contributed by atoms with E-state index in [-0.39, 0.29) is 6.03 Å². The van der Waals surface area contributed by atoms with Crippen molar-refractivity contribution in [2.24, 2.45) is 0 Å². The van der Waals surface area contributed by atoms with E-state index in [4.69, 9.17) is 11.6 Å². The Bertz CT molecular complexity index is 872. The van der Waals surface area contributed by atoms with Gasteiger partial charge in [0, 0.05) is 22.8 Å². The fraction of sp³-hybridized carbons (Fsp3) is 0. The van der Waals surface area contributed by atoms with Gasteiger partial charge in [0.2, 0.25) is 0 Å². The summed E-state index contributed by atoms with van der Waals surface area (Å²) in [5.41, 5.74) is 2.24. The zero-order valence-electron chi connectivity index (χ0n) is 12.2. The Kier molecular flexibility index (Phi) is 4.54. The number of benzene rings is 2. The number of urea groups is 1. The number of hydrogen-bond donors (Lipinski definition) is 2. The Labute approximate surface area is 138 Å². The van der Waals surface area contributed by atoms with E-state index in [1.54, 1.807) is 24.5 Å². The first-order valence-corrected chi connectivity index (χ1v) is 7.44. The third-order valence-electron chi connectivity index (χ3n) is 3.26. The summed E-state index contributed by atoms with van der Waals surface area (Å²) >= 11 is 6.05. The van der Waals surface area contributed by atoms with Crippen LogP contribution in [0.3, 0.4) is 0 Å². The van der Waals surface area contributed by atoms with E-state index in [0.29, 0.717) is 10.7 Å². The van der Waals surface area contributed by atoms with Crippen LogP contribution in [-0.2, 0) is 0 Å². The second-order valence-electron chi connectivity index (χ2n) is 4.83. The van der Waals surface area contributed by atoms with Gasteiger partial charge in [0.05, 0.1) is 11.2 Å². The molecule has 1 heterocycles. The van der Waals surface area contributed by atoms with Gasteiger partial charge in [0.25, 0.3) is 0 Å². The lowest BCUT2D eigenvalue weighted by molar-refractivity contribution is 0.255. The molecule has 0 fully saturated rings. The molecule has 0 atom stereocenters. The molecule has 3 rings (SSSR count). The standard InChI is InChI=1S/C18H14ClN3O/c19-15-8-2-1-5-13(15)10-12-21-18(23)22-16-9-3-6-14-7-4-11-20-17(14)16/h1-12H,(H2,21,22,23)/b12-10+. The summed E-state index contributed by atoms with van der Waals surface area (Å²) in [4.78, 5) is 16.3. The van der Waals surface area contributed by atoms with Crippen molar-refractivity contribution < 1.29 is 4.79 Å². The van der Waals surface area contributed by atoms with Gasteiger partial charge in [-0.15, -0.1) is 0 Å². The first kappa shape index (κ1) is 15.1. The summed E-state index contributed by atoms with van der Waals surface area (Å²) < 4.78 is 0. The van der Waals surface area contributed by atoms with Crippen LogP contribution in [0, 0.1) is 0 Å². The first-order valence-electron chi connectivity index (χ1n) is 7.06. The Balaban J connectivity index is 1.69. The highest BCUT2D eigenvalue weighted by atomic mass is 35.5. The van der Waals surface area contributed by atoms with Crippen molar-refractivity contribution in [3.63, 3.8) is 0 Å². The van der Waals surface area contributed by atoms with Gasteiger partial charge in [-0.1, -0.05) is 48.0 Å². The molecule has 0 aliphatic heterocycles. The molecule has 0 saturated heterocycles. The van der Waals surface area contributed by atoms with Gasteiger partial charge in [-0.2, -0.15) is 0 Å². The summed E-state index contributed by atoms with van der Waals surface area (Å²) in [5.74, 6) is 0. The minimum absolute atomic E-state index is 0.341. The van der Waals surface area contributed by atoms with Crippen LogP contribution in [0.5, 0.6) is 0 Å². The number of fused-ring (bicyclic) bond motifs is 1. The van der Waals surface area contributed by atoms with E-state index in [0.717, 1.165) is 16.5 Å². The van der Waals surface area contributed by atoms with Gasteiger partial charge in [0.15, 0.2) is 0 Å². The predicted octanol–water partition coefficient (Wildman–Crippen LogP) is 4.68. The SMILES string of the molecule is O=C(N/C=C/c1ccccc1Cl)Nc1cccc2cccnc12. The highest BCUT2D eigenvalue weighted by Gasteiger charge is 2.04. The van der Waals surface area contributed by atoms with Crippen molar-refractivity contribution in [1.82, 2.24) is 10.3 Å². The summed E-state index contributed by atoms with van der Waals surface area (Å²) in [5, 5.41) is 7.04. The molecule has 2 N–H and O–H groups in total. The number of nitrogens with one attached hydrogen (secondary N) is 2. The number of pyridine rings is 1. The minimum atomic E-state index is -0.341. The summed E-state index contributed by atoms with van der Waals surface area (Å²) in [7, 11) is 0. The molecule has 23 heavy (non-hydrogen) atoms. The van der Waals surface area contributed by atoms with Gasteiger partial charge in [-0.25, -0.2) is 4.79 Å². The molecular weight excluding hydrogens is 310 g/mol. The van der Waals surface area contributed by atoms with Gasteiger partial charge in [-0.05, 0) is 29.8 Å². The molecule has 0 aliphatic rings. The average molecular weight is 324 g/mol. The zero-order chi connectivity index (χ0) is 16.1. The highest BCUT2D eigenvalue weighted by molar-refractivity contribution is 6.32. The zero-order valence-corrected chi connectivity index (χ0v) is 12.9. The second kappa shape index (κ2) is 6.94. The maximum atomic E-state index is 12.0. The van der Waals surface area contributed by atoms with Crippen LogP contribution in [0.1, 0.15) is 5.56 Å². The summed E-state index contributed by atoms with van der Waals surface area (Å²) in [6, 6.07) is 16.5. The number of carbonyl (C=O) groups is 1. The molecular formula is C18H14ClN3O. The molecule has 114 valence electrons. The number of para-hydroxylation sites is 1. The van der Waals surface area contributed by atoms with Crippen molar-refractivity contribution in [2.75, 3.05) is 5.32 Å². The lowest BCUT2D eigenvalue weighted by Gasteiger charge is -2.07. The normalized spacial score (nSPS) is 10.8. The van der Waals surface area contributed by atoms with Crippen molar-refractivity contribution in [2.45, 2.75) is 0 Å². The van der Waals surface area contributed by atoms with Crippen LogP contribution >= 0.6 is 11.6 Å². The first-order chi connectivity index (χ1) is 11.2. The second-order valence-corrected chi connectivity index (χ2v) is 5.24. The molecule has 0 radical (unpaired) electrons. The number of nitrogens with zero attached hydrogens (tertiary/aromatic N) is 1. The van der Waals surface area contributed by atoms with Crippen LogP contribution < -0.4 is 10.6 Å². The lowest BCUT2D eigenvalue weighted by atomic mass is 10.2. The molecule has 5 heteroatoms. The van der Waals surface area contributed by atoms with E-state index in [2.05, 4.69) is 15.6 Å². The molecule has 0 saturated carbocycles. The molecule has 4 nitrogen and oxygen atoms in total. The third kappa shape index (κ3) is 3.67. The van der Waals surface area contributed by atoms with Gasteiger partial charge < -0.3 is 10.6 Å². The molecule has 0 spiro atoms. The van der Waals surface area contributed by atoms with Crippen LogP contribution in [-0.4, -0.2) is 11.0 Å². The Morgan fingerprint density at radius 3 is 2.74 bits per heavy atom. The molecule has 3 aromatic rings. The van der Waals surface area contributed by atoms with Gasteiger partial charge >= 0.3 is 6.03 Å². The lowest BCUT2D eigenvalue weighted by Crippen LogP contribution is -2.23. The van der Waals surface area contributed by atoms with Crippen molar-refractivity contribution in [1.29, 1.82) is 0 Å². The molecule has 0 aliphatic carbocycles. The van der Waals surface area contributed by atoms with Crippen LogP contribution in [0.25, 0.3) is 17.0 Å². The van der Waals surface area contributed by atoms with E-state index < -0.39 is 0 Å². The fourth-order valence-electron chi connectivity index (χ4n) is 2.18. The Morgan fingerprint density at radius 1 is 1.04 bits per heavy atom. The highest BCUT2D eigenvalue weighted by Crippen LogP contribution is 2.20. The van der Waals surface area contributed by atoms with Crippen LogP contribution in [0.15, 0.2) is 67.0 Å². The minimum Gasteiger partial charge on any atom is -0.314 e. The van der Waals surface area contributed by atoms with Gasteiger partial charge in [-0.3, -0.25) is 4.98 Å². The molecule has 1 aromatic heterocycles. The quantitative estimate of drug-likeness (QED) is 0.735. The third-order valence-corrected chi connectivity index (χ3v) is 3.61. The van der Waals surface area contributed by atoms with E-state index in [9.17, 15) is 4.79 Å². The summed E-state index contributed by atoms with van der Waals surface area (Å²) in [6.45, 7) is 0.